The SMILES string of the molecule is O=C(O)N1C=CC(Br)=CC1. The van der Waals surface area contributed by atoms with Crippen LogP contribution in [0, 0.1) is 0 Å². The number of rotatable bonds is 0. The van der Waals surface area contributed by atoms with Crippen molar-refractivity contribution in [3.05, 3.63) is 22.8 Å². The van der Waals surface area contributed by atoms with E-state index in [1.54, 1.807) is 12.2 Å². The summed E-state index contributed by atoms with van der Waals surface area (Å²) in [5.74, 6) is 0. The van der Waals surface area contributed by atoms with Gasteiger partial charge >= 0.3 is 6.09 Å². The summed E-state index contributed by atoms with van der Waals surface area (Å²) in [6, 6.07) is 0. The zero-order valence-electron chi connectivity index (χ0n) is 5.12. The molecule has 0 aromatic rings. The van der Waals surface area contributed by atoms with E-state index in [-0.39, 0.29) is 0 Å². The van der Waals surface area contributed by atoms with Crippen LogP contribution in [0.3, 0.4) is 0 Å². The first-order valence-corrected chi connectivity index (χ1v) is 3.53. The summed E-state index contributed by atoms with van der Waals surface area (Å²) in [5, 5.41) is 8.45. The highest BCUT2D eigenvalue weighted by Gasteiger charge is 2.08. The van der Waals surface area contributed by atoms with E-state index in [1.807, 2.05) is 0 Å². The van der Waals surface area contributed by atoms with Crippen molar-refractivity contribution in [1.29, 1.82) is 0 Å². The molecule has 0 saturated heterocycles. The summed E-state index contributed by atoms with van der Waals surface area (Å²) in [6.07, 6.45) is 4.07. The second-order valence-electron chi connectivity index (χ2n) is 1.84. The van der Waals surface area contributed by atoms with E-state index >= 15 is 0 Å². The minimum atomic E-state index is -0.924. The Labute approximate surface area is 66.8 Å². The monoisotopic (exact) mass is 203 g/mol. The van der Waals surface area contributed by atoms with Crippen LogP contribution in [0.4, 0.5) is 4.79 Å². The molecule has 0 saturated carbocycles. The van der Waals surface area contributed by atoms with Gasteiger partial charge in [0.05, 0.1) is 0 Å². The van der Waals surface area contributed by atoms with Gasteiger partial charge in [0.1, 0.15) is 0 Å². The number of carboxylic acid groups (broad SMARTS) is 1. The van der Waals surface area contributed by atoms with Crippen LogP contribution in [0.1, 0.15) is 0 Å². The smallest absolute Gasteiger partial charge is 0.411 e. The number of carbonyl (C=O) groups is 1. The highest BCUT2D eigenvalue weighted by Crippen LogP contribution is 2.12. The van der Waals surface area contributed by atoms with Gasteiger partial charge in [-0.1, -0.05) is 22.0 Å². The maximum Gasteiger partial charge on any atom is 0.411 e. The summed E-state index contributed by atoms with van der Waals surface area (Å²) in [5.41, 5.74) is 0. The molecule has 1 amide bonds. The highest BCUT2D eigenvalue weighted by atomic mass is 79.9. The molecular weight excluding hydrogens is 198 g/mol. The number of halogens is 1. The molecule has 0 aromatic heterocycles. The van der Waals surface area contributed by atoms with Gasteiger partial charge in [-0.15, -0.1) is 0 Å². The summed E-state index contributed by atoms with van der Waals surface area (Å²) >= 11 is 3.22. The van der Waals surface area contributed by atoms with Crippen molar-refractivity contribution >= 4 is 22.0 Å². The first-order chi connectivity index (χ1) is 4.70. The van der Waals surface area contributed by atoms with Crippen molar-refractivity contribution in [1.82, 2.24) is 4.90 Å². The fourth-order valence-electron chi connectivity index (χ4n) is 0.617. The normalized spacial score (nSPS) is 16.9. The average molecular weight is 204 g/mol. The van der Waals surface area contributed by atoms with Crippen LogP contribution in [0.5, 0.6) is 0 Å². The van der Waals surface area contributed by atoms with E-state index in [2.05, 4.69) is 15.9 Å². The topological polar surface area (TPSA) is 40.5 Å². The summed E-state index contributed by atoms with van der Waals surface area (Å²) in [7, 11) is 0. The largest absolute Gasteiger partial charge is 0.465 e. The number of hydrogen-bond acceptors (Lipinski definition) is 1. The Morgan fingerprint density at radius 1 is 1.80 bits per heavy atom. The van der Waals surface area contributed by atoms with Gasteiger partial charge in [-0.3, -0.25) is 4.90 Å². The van der Waals surface area contributed by atoms with Gasteiger partial charge in [-0.05, 0) is 6.08 Å². The van der Waals surface area contributed by atoms with Crippen molar-refractivity contribution in [2.24, 2.45) is 0 Å². The quantitative estimate of drug-likeness (QED) is 0.653. The molecule has 1 aliphatic heterocycles. The maximum atomic E-state index is 10.3. The zero-order chi connectivity index (χ0) is 7.56. The molecule has 1 N–H and O–H groups in total. The van der Waals surface area contributed by atoms with E-state index in [1.165, 1.54) is 11.1 Å². The van der Waals surface area contributed by atoms with E-state index in [9.17, 15) is 4.79 Å². The van der Waals surface area contributed by atoms with Gasteiger partial charge in [0.2, 0.25) is 0 Å². The minimum absolute atomic E-state index is 0.423. The molecule has 10 heavy (non-hydrogen) atoms. The van der Waals surface area contributed by atoms with Crippen LogP contribution in [-0.4, -0.2) is 22.6 Å². The predicted octanol–water partition coefficient (Wildman–Crippen LogP) is 1.77. The predicted molar refractivity (Wildman–Crippen MR) is 40.9 cm³/mol. The second-order valence-corrected chi connectivity index (χ2v) is 2.76. The Balaban J connectivity index is 2.60. The molecule has 1 aliphatic rings. The molecule has 0 spiro atoms. The minimum Gasteiger partial charge on any atom is -0.465 e. The molecular formula is C6H6BrNO2. The molecule has 54 valence electrons. The zero-order valence-corrected chi connectivity index (χ0v) is 6.71. The Bertz CT molecular complexity index is 210. The summed E-state index contributed by atoms with van der Waals surface area (Å²) < 4.78 is 0.921. The van der Waals surface area contributed by atoms with Crippen molar-refractivity contribution in [3.8, 4) is 0 Å². The molecule has 4 heteroatoms. The van der Waals surface area contributed by atoms with Crippen molar-refractivity contribution < 1.29 is 9.90 Å². The molecule has 3 nitrogen and oxygen atoms in total. The lowest BCUT2D eigenvalue weighted by atomic mass is 10.4. The number of allylic oxidation sites excluding steroid dienone is 2. The molecule has 0 bridgehead atoms. The van der Waals surface area contributed by atoms with Crippen LogP contribution in [-0.2, 0) is 0 Å². The van der Waals surface area contributed by atoms with Crippen LogP contribution in [0.2, 0.25) is 0 Å². The molecule has 0 radical (unpaired) electrons. The van der Waals surface area contributed by atoms with Crippen molar-refractivity contribution in [2.75, 3.05) is 6.54 Å². The van der Waals surface area contributed by atoms with Crippen LogP contribution in [0.15, 0.2) is 22.8 Å². The Hall–Kier alpha value is -0.770. The van der Waals surface area contributed by atoms with Crippen molar-refractivity contribution in [2.45, 2.75) is 0 Å². The lowest BCUT2D eigenvalue weighted by Gasteiger charge is -2.14. The van der Waals surface area contributed by atoms with E-state index in [4.69, 9.17) is 5.11 Å². The Morgan fingerprint density at radius 3 is 2.90 bits per heavy atom. The van der Waals surface area contributed by atoms with Crippen LogP contribution in [0.25, 0.3) is 0 Å². The first kappa shape index (κ1) is 7.34. The fraction of sp³-hybridized carbons (Fsp3) is 0.167. The number of nitrogens with zero attached hydrogens (tertiary/aromatic N) is 1. The second kappa shape index (κ2) is 2.88. The van der Waals surface area contributed by atoms with Gasteiger partial charge in [-0.25, -0.2) is 4.79 Å². The number of amides is 1. The Kier molecular flexibility index (Phi) is 2.11. The molecule has 0 atom stereocenters. The fourth-order valence-corrected chi connectivity index (χ4v) is 0.880. The standard InChI is InChI=1S/C6H6BrNO2/c7-5-1-3-8(4-2-5)6(9)10/h1-3H,4H2,(H,9,10). The maximum absolute atomic E-state index is 10.3. The molecule has 0 unspecified atom stereocenters. The van der Waals surface area contributed by atoms with E-state index < -0.39 is 6.09 Å². The van der Waals surface area contributed by atoms with Gasteiger partial charge in [-0.2, -0.15) is 0 Å². The third-order valence-electron chi connectivity index (χ3n) is 1.14. The van der Waals surface area contributed by atoms with E-state index in [0.717, 1.165) is 4.48 Å². The van der Waals surface area contributed by atoms with Crippen molar-refractivity contribution in [3.63, 3.8) is 0 Å². The van der Waals surface area contributed by atoms with Gasteiger partial charge in [0.15, 0.2) is 0 Å². The summed E-state index contributed by atoms with van der Waals surface area (Å²) in [6.45, 7) is 0.423. The van der Waals surface area contributed by atoms with Crippen LogP contribution < -0.4 is 0 Å². The molecule has 1 heterocycles. The van der Waals surface area contributed by atoms with Gasteiger partial charge < -0.3 is 5.11 Å². The molecule has 0 fully saturated rings. The molecule has 0 aromatic carbocycles. The van der Waals surface area contributed by atoms with E-state index in [0.29, 0.717) is 6.54 Å². The Morgan fingerprint density at radius 2 is 2.50 bits per heavy atom. The number of hydrogen-bond donors (Lipinski definition) is 1. The lowest BCUT2D eigenvalue weighted by Crippen LogP contribution is -2.25. The third-order valence-corrected chi connectivity index (χ3v) is 1.73. The molecule has 1 rings (SSSR count). The summed E-state index contributed by atoms with van der Waals surface area (Å²) in [4.78, 5) is 11.5. The first-order valence-electron chi connectivity index (χ1n) is 2.73. The third kappa shape index (κ3) is 1.60. The average Bonchev–Trinajstić information content (AvgIpc) is 1.88. The molecule has 0 aliphatic carbocycles. The highest BCUT2D eigenvalue weighted by molar-refractivity contribution is 9.11. The van der Waals surface area contributed by atoms with Gasteiger partial charge in [0.25, 0.3) is 0 Å². The van der Waals surface area contributed by atoms with Gasteiger partial charge in [0, 0.05) is 17.2 Å². The lowest BCUT2D eigenvalue weighted by molar-refractivity contribution is 0.166. The van der Waals surface area contributed by atoms with Crippen LogP contribution >= 0.6 is 15.9 Å².